The summed E-state index contributed by atoms with van der Waals surface area (Å²) in [5.41, 5.74) is 0.941. The third-order valence-corrected chi connectivity index (χ3v) is 10.0. The molecular weight excluding hydrogens is 568 g/mol. The molecule has 2 fully saturated rings. The summed E-state index contributed by atoms with van der Waals surface area (Å²) in [4.78, 5) is 31.4. The number of hydrogen-bond acceptors (Lipinski definition) is 6. The van der Waals surface area contributed by atoms with E-state index in [2.05, 4.69) is 29.5 Å². The fourth-order valence-electron chi connectivity index (χ4n) is 7.25. The molecule has 1 aromatic rings. The number of anilines is 1. The molecule has 3 amide bonds. The predicted molar refractivity (Wildman–Crippen MR) is 180 cm³/mol. The number of ether oxygens (including phenoxy) is 2. The highest BCUT2D eigenvalue weighted by atomic mass is 16.5. The van der Waals surface area contributed by atoms with E-state index in [1.165, 1.54) is 38.5 Å². The van der Waals surface area contributed by atoms with Crippen LogP contribution in [0.15, 0.2) is 18.2 Å². The molecule has 1 aromatic carbocycles. The minimum Gasteiger partial charge on any atom is -0.490 e. The fraction of sp³-hybridized carbons (Fsp3) is 0.778. The largest absolute Gasteiger partial charge is 0.490 e. The number of benzene rings is 1. The molecule has 9 heteroatoms. The Hall–Kier alpha value is -2.36. The number of carbonyl (C=O) groups excluding carboxylic acids is 2. The first-order valence-electron chi connectivity index (χ1n) is 17.8. The summed E-state index contributed by atoms with van der Waals surface area (Å²) in [6.45, 7) is 8.92. The molecule has 2 saturated carbocycles. The molecular formula is C36H60N4O5. The number of aliphatic hydroxyl groups excluding tert-OH is 1. The molecule has 0 spiro atoms. The van der Waals surface area contributed by atoms with Gasteiger partial charge in [-0.1, -0.05) is 45.4 Å². The van der Waals surface area contributed by atoms with Gasteiger partial charge in [0, 0.05) is 43.9 Å². The maximum absolute atomic E-state index is 14.4. The molecule has 4 atom stereocenters. The van der Waals surface area contributed by atoms with E-state index in [1.54, 1.807) is 23.1 Å². The summed E-state index contributed by atoms with van der Waals surface area (Å²) in [6, 6.07) is 4.85. The van der Waals surface area contributed by atoms with Crippen molar-refractivity contribution in [3.8, 4) is 5.75 Å². The van der Waals surface area contributed by atoms with Crippen LogP contribution in [0.1, 0.15) is 115 Å². The fourth-order valence-corrected chi connectivity index (χ4v) is 7.25. The number of fused-ring (bicyclic) bond motifs is 1. The summed E-state index contributed by atoms with van der Waals surface area (Å²) in [7, 11) is 2.20. The molecule has 0 unspecified atom stereocenters. The zero-order valence-corrected chi connectivity index (χ0v) is 28.4. The quantitative estimate of drug-likeness (QED) is 0.306. The molecule has 3 N–H and O–H groups in total. The molecule has 3 aliphatic rings. The SMILES string of the molecule is C[C@@H]1CCCCO[C@@H](CN(C)CC2CCCCC2)[C@H](C)CN([C@H](C)CO)C(=O)c2cc(NC(=O)NC3CCCCC3)ccc2O1. The third kappa shape index (κ3) is 11.1. The van der Waals surface area contributed by atoms with Crippen molar-refractivity contribution < 1.29 is 24.2 Å². The van der Waals surface area contributed by atoms with Crippen LogP contribution in [0.2, 0.25) is 0 Å². The Kier molecular flexibility index (Phi) is 14.3. The van der Waals surface area contributed by atoms with Gasteiger partial charge in [-0.2, -0.15) is 0 Å². The van der Waals surface area contributed by atoms with Crippen molar-refractivity contribution in [1.29, 1.82) is 0 Å². The molecule has 1 heterocycles. The van der Waals surface area contributed by atoms with E-state index in [1.807, 2.05) is 13.8 Å². The number of likely N-dealkylation sites (N-methyl/N-ethyl adjacent to an activating group) is 1. The smallest absolute Gasteiger partial charge is 0.319 e. The van der Waals surface area contributed by atoms with Gasteiger partial charge < -0.3 is 35.0 Å². The van der Waals surface area contributed by atoms with E-state index in [0.717, 1.165) is 64.0 Å². The Morgan fingerprint density at radius 3 is 2.40 bits per heavy atom. The van der Waals surface area contributed by atoms with Crippen LogP contribution < -0.4 is 15.4 Å². The number of rotatable bonds is 8. The van der Waals surface area contributed by atoms with Crippen molar-refractivity contribution in [1.82, 2.24) is 15.1 Å². The highest BCUT2D eigenvalue weighted by molar-refractivity contribution is 5.99. The Balaban J connectivity index is 1.54. The number of carbonyl (C=O) groups is 2. The standard InChI is InChI=1S/C36H60N4O5/c1-26-22-40(27(2)25-41)35(42)32-21-31(38-36(43)37-30-16-9-6-10-17-30)18-19-33(32)45-28(3)13-11-12-20-44-34(26)24-39(4)23-29-14-7-5-8-15-29/h18-19,21,26-30,34,41H,5-17,20,22-25H2,1-4H3,(H2,37,38,43)/t26-,27-,28-,34+/m1/s1. The zero-order valence-electron chi connectivity index (χ0n) is 28.4. The highest BCUT2D eigenvalue weighted by Gasteiger charge is 2.31. The van der Waals surface area contributed by atoms with Gasteiger partial charge in [-0.05, 0) is 90.0 Å². The first kappa shape index (κ1) is 35.5. The number of urea groups is 1. The van der Waals surface area contributed by atoms with Crippen molar-refractivity contribution in [3.05, 3.63) is 23.8 Å². The van der Waals surface area contributed by atoms with Gasteiger partial charge in [0.05, 0.1) is 30.4 Å². The maximum atomic E-state index is 14.4. The molecule has 0 radical (unpaired) electrons. The maximum Gasteiger partial charge on any atom is 0.319 e. The lowest BCUT2D eigenvalue weighted by molar-refractivity contribution is -0.0190. The summed E-state index contributed by atoms with van der Waals surface area (Å²) in [5.74, 6) is 1.08. The van der Waals surface area contributed by atoms with Gasteiger partial charge in [0.2, 0.25) is 0 Å². The summed E-state index contributed by atoms with van der Waals surface area (Å²) < 4.78 is 12.9. The van der Waals surface area contributed by atoms with Gasteiger partial charge >= 0.3 is 6.03 Å². The number of aliphatic hydroxyl groups is 1. The van der Waals surface area contributed by atoms with Gasteiger partial charge in [-0.3, -0.25) is 4.79 Å². The van der Waals surface area contributed by atoms with Crippen molar-refractivity contribution in [2.75, 3.05) is 45.2 Å². The van der Waals surface area contributed by atoms with Crippen LogP contribution in [0.3, 0.4) is 0 Å². The van der Waals surface area contributed by atoms with Crippen molar-refractivity contribution in [3.63, 3.8) is 0 Å². The molecule has 2 aliphatic carbocycles. The number of hydrogen-bond donors (Lipinski definition) is 3. The normalized spacial score (nSPS) is 25.6. The van der Waals surface area contributed by atoms with Crippen LogP contribution in [0.5, 0.6) is 5.75 Å². The van der Waals surface area contributed by atoms with E-state index in [4.69, 9.17) is 9.47 Å². The molecule has 1 aliphatic heterocycles. The van der Waals surface area contributed by atoms with E-state index in [9.17, 15) is 14.7 Å². The minimum atomic E-state index is -0.398. The van der Waals surface area contributed by atoms with Crippen molar-refractivity contribution in [2.45, 2.75) is 129 Å². The number of nitrogens with one attached hydrogen (secondary N) is 2. The summed E-state index contributed by atoms with van der Waals surface area (Å²) in [6.07, 6.45) is 14.7. The van der Waals surface area contributed by atoms with Gasteiger partial charge in [-0.25, -0.2) is 4.79 Å². The average Bonchev–Trinajstić information content (AvgIpc) is 3.03. The van der Waals surface area contributed by atoms with Crippen molar-refractivity contribution >= 4 is 17.6 Å². The van der Waals surface area contributed by atoms with Gasteiger partial charge in [0.25, 0.3) is 5.91 Å². The topological polar surface area (TPSA) is 103 Å². The van der Waals surface area contributed by atoms with Gasteiger partial charge in [-0.15, -0.1) is 0 Å². The molecule has 0 aromatic heterocycles. The molecule has 9 nitrogen and oxygen atoms in total. The Bertz CT molecular complexity index is 1060. The molecule has 254 valence electrons. The highest BCUT2D eigenvalue weighted by Crippen LogP contribution is 2.29. The van der Waals surface area contributed by atoms with Crippen molar-refractivity contribution in [2.24, 2.45) is 11.8 Å². The lowest BCUT2D eigenvalue weighted by atomic mass is 9.89. The first-order chi connectivity index (χ1) is 21.7. The monoisotopic (exact) mass is 628 g/mol. The Labute approximate surface area is 271 Å². The van der Waals surface area contributed by atoms with E-state index in [-0.39, 0.29) is 42.7 Å². The average molecular weight is 629 g/mol. The Morgan fingerprint density at radius 2 is 1.69 bits per heavy atom. The lowest BCUT2D eigenvalue weighted by Crippen LogP contribution is -2.47. The Morgan fingerprint density at radius 1 is 1.00 bits per heavy atom. The van der Waals surface area contributed by atoms with E-state index >= 15 is 0 Å². The van der Waals surface area contributed by atoms with Gasteiger partial charge in [0.15, 0.2) is 0 Å². The third-order valence-electron chi connectivity index (χ3n) is 10.0. The lowest BCUT2D eigenvalue weighted by Gasteiger charge is -2.36. The van der Waals surface area contributed by atoms with Crippen LogP contribution in [0, 0.1) is 11.8 Å². The van der Waals surface area contributed by atoms with E-state index < -0.39 is 6.04 Å². The van der Waals surface area contributed by atoms with Crippen LogP contribution in [0.25, 0.3) is 0 Å². The molecule has 4 rings (SSSR count). The molecule has 0 saturated heterocycles. The minimum absolute atomic E-state index is 0.0349. The first-order valence-corrected chi connectivity index (χ1v) is 17.8. The molecule has 0 bridgehead atoms. The zero-order chi connectivity index (χ0) is 32.2. The second-order valence-corrected chi connectivity index (χ2v) is 14.2. The molecule has 45 heavy (non-hydrogen) atoms. The van der Waals surface area contributed by atoms with Crippen LogP contribution in [-0.2, 0) is 4.74 Å². The van der Waals surface area contributed by atoms with Crippen LogP contribution in [-0.4, -0.2) is 91.0 Å². The number of nitrogens with zero attached hydrogens (tertiary/aromatic N) is 2. The number of amides is 3. The summed E-state index contributed by atoms with van der Waals surface area (Å²) in [5, 5.41) is 16.3. The summed E-state index contributed by atoms with van der Waals surface area (Å²) >= 11 is 0. The van der Waals surface area contributed by atoms with Crippen LogP contribution >= 0.6 is 0 Å². The second kappa shape index (κ2) is 18.1. The predicted octanol–water partition coefficient (Wildman–Crippen LogP) is 6.45. The van der Waals surface area contributed by atoms with E-state index in [0.29, 0.717) is 30.2 Å². The van der Waals surface area contributed by atoms with Gasteiger partial charge in [0.1, 0.15) is 5.75 Å². The second-order valence-electron chi connectivity index (χ2n) is 14.2. The van der Waals surface area contributed by atoms with Crippen LogP contribution in [0.4, 0.5) is 10.5 Å².